The van der Waals surface area contributed by atoms with Crippen LogP contribution >= 0.6 is 11.8 Å². The quantitative estimate of drug-likeness (QED) is 0.668. The third-order valence-electron chi connectivity index (χ3n) is 3.78. The lowest BCUT2D eigenvalue weighted by Crippen LogP contribution is -2.41. The number of thioether (sulfide) groups is 1. The molecular weight excluding hydrogens is 244 g/mol. The molecule has 0 aromatic rings. The van der Waals surface area contributed by atoms with Gasteiger partial charge in [0.2, 0.25) is 5.91 Å². The van der Waals surface area contributed by atoms with Crippen molar-refractivity contribution >= 4 is 17.7 Å². The van der Waals surface area contributed by atoms with Crippen LogP contribution in [0.3, 0.4) is 0 Å². The lowest BCUT2D eigenvalue weighted by atomic mass is 9.86. The number of carbonyl (C=O) groups excluding carboxylic acids is 1. The number of hydrogen-bond donors (Lipinski definition) is 2. The van der Waals surface area contributed by atoms with E-state index in [0.717, 1.165) is 31.1 Å². The van der Waals surface area contributed by atoms with Crippen LogP contribution in [-0.4, -0.2) is 30.5 Å². The second-order valence-corrected chi connectivity index (χ2v) is 6.31. The molecule has 1 aliphatic rings. The Morgan fingerprint density at radius 2 is 2.11 bits per heavy atom. The summed E-state index contributed by atoms with van der Waals surface area (Å²) < 4.78 is 0. The molecule has 0 saturated heterocycles. The maximum atomic E-state index is 11.7. The van der Waals surface area contributed by atoms with Crippen molar-refractivity contribution in [3.63, 3.8) is 0 Å². The van der Waals surface area contributed by atoms with Crippen molar-refractivity contribution in [3.05, 3.63) is 0 Å². The van der Waals surface area contributed by atoms with E-state index in [9.17, 15) is 4.79 Å². The van der Waals surface area contributed by atoms with Gasteiger partial charge in [0.05, 0.1) is 6.04 Å². The van der Waals surface area contributed by atoms with Crippen LogP contribution in [0.1, 0.15) is 51.4 Å². The number of rotatable bonds is 8. The molecule has 0 aromatic heterocycles. The van der Waals surface area contributed by atoms with Gasteiger partial charge in [-0.05, 0) is 37.2 Å². The zero-order chi connectivity index (χ0) is 13.2. The lowest BCUT2D eigenvalue weighted by Gasteiger charge is -2.21. The molecule has 0 radical (unpaired) electrons. The minimum absolute atomic E-state index is 0.0210. The Hall–Kier alpha value is -0.220. The number of nitrogens with one attached hydrogen (secondary N) is 1. The summed E-state index contributed by atoms with van der Waals surface area (Å²) in [4.78, 5) is 11.7. The molecule has 0 aliphatic heterocycles. The fourth-order valence-electron chi connectivity index (χ4n) is 2.59. The first kappa shape index (κ1) is 15.8. The summed E-state index contributed by atoms with van der Waals surface area (Å²) in [5.41, 5.74) is 5.80. The van der Waals surface area contributed by atoms with Gasteiger partial charge in [-0.15, -0.1) is 0 Å². The van der Waals surface area contributed by atoms with Crippen LogP contribution in [0.25, 0.3) is 0 Å². The van der Waals surface area contributed by atoms with E-state index >= 15 is 0 Å². The Bertz CT molecular complexity index is 230. The van der Waals surface area contributed by atoms with E-state index in [1.165, 1.54) is 38.5 Å². The number of nitrogens with two attached hydrogens (primary N) is 1. The molecule has 1 aliphatic carbocycles. The first-order valence-corrected chi connectivity index (χ1v) is 8.65. The Balaban J connectivity index is 2.00. The molecule has 1 saturated carbocycles. The number of hydrogen-bond acceptors (Lipinski definition) is 3. The lowest BCUT2D eigenvalue weighted by molar-refractivity contribution is -0.122. The third kappa shape index (κ3) is 6.64. The summed E-state index contributed by atoms with van der Waals surface area (Å²) in [6, 6.07) is -0.327. The van der Waals surface area contributed by atoms with Gasteiger partial charge in [-0.25, -0.2) is 0 Å². The highest BCUT2D eigenvalue weighted by atomic mass is 32.2. The Morgan fingerprint density at radius 1 is 1.39 bits per heavy atom. The second kappa shape index (κ2) is 9.68. The predicted octanol–water partition coefficient (Wildman–Crippen LogP) is 2.54. The van der Waals surface area contributed by atoms with E-state index in [4.69, 9.17) is 5.73 Å². The standard InChI is InChI=1S/C14H28N2OS/c1-18-11-9-13(15)14(17)16-10-5-8-12-6-3-2-4-7-12/h12-13H,2-11,15H2,1H3,(H,16,17). The van der Waals surface area contributed by atoms with Crippen LogP contribution in [0.4, 0.5) is 0 Å². The Labute approximate surface area is 116 Å². The Morgan fingerprint density at radius 3 is 2.78 bits per heavy atom. The summed E-state index contributed by atoms with van der Waals surface area (Å²) in [5, 5.41) is 2.96. The van der Waals surface area contributed by atoms with E-state index < -0.39 is 0 Å². The first-order chi connectivity index (χ1) is 8.74. The average molecular weight is 272 g/mol. The molecule has 0 heterocycles. The van der Waals surface area contributed by atoms with Gasteiger partial charge in [0.1, 0.15) is 0 Å². The monoisotopic (exact) mass is 272 g/mol. The van der Waals surface area contributed by atoms with Gasteiger partial charge in [-0.2, -0.15) is 11.8 Å². The summed E-state index contributed by atoms with van der Waals surface area (Å²) >= 11 is 1.73. The van der Waals surface area contributed by atoms with Crippen molar-refractivity contribution in [2.45, 2.75) is 57.4 Å². The third-order valence-corrected chi connectivity index (χ3v) is 4.43. The molecule has 18 heavy (non-hydrogen) atoms. The molecule has 4 heteroatoms. The van der Waals surface area contributed by atoms with E-state index in [2.05, 4.69) is 5.32 Å². The highest BCUT2D eigenvalue weighted by Gasteiger charge is 2.14. The summed E-state index contributed by atoms with van der Waals surface area (Å²) in [6.07, 6.45) is 12.2. The fraction of sp³-hybridized carbons (Fsp3) is 0.929. The zero-order valence-electron chi connectivity index (χ0n) is 11.6. The molecule has 0 spiro atoms. The molecular formula is C14H28N2OS. The van der Waals surface area contributed by atoms with Gasteiger partial charge < -0.3 is 11.1 Å². The zero-order valence-corrected chi connectivity index (χ0v) is 12.4. The maximum absolute atomic E-state index is 11.7. The van der Waals surface area contributed by atoms with Crippen molar-refractivity contribution in [2.75, 3.05) is 18.6 Å². The molecule has 3 nitrogen and oxygen atoms in total. The minimum Gasteiger partial charge on any atom is -0.355 e. The molecule has 0 aromatic carbocycles. The van der Waals surface area contributed by atoms with Gasteiger partial charge >= 0.3 is 0 Å². The van der Waals surface area contributed by atoms with Crippen LogP contribution in [0.2, 0.25) is 0 Å². The highest BCUT2D eigenvalue weighted by Crippen LogP contribution is 2.26. The first-order valence-electron chi connectivity index (χ1n) is 7.26. The Kier molecular flexibility index (Phi) is 8.51. The average Bonchev–Trinajstić information content (AvgIpc) is 2.41. The van der Waals surface area contributed by atoms with Crippen molar-refractivity contribution in [3.8, 4) is 0 Å². The van der Waals surface area contributed by atoms with Gasteiger partial charge in [-0.3, -0.25) is 4.79 Å². The molecule has 1 amide bonds. The van der Waals surface area contributed by atoms with Crippen molar-refractivity contribution in [1.82, 2.24) is 5.32 Å². The molecule has 1 unspecified atom stereocenters. The molecule has 1 fully saturated rings. The summed E-state index contributed by atoms with van der Waals surface area (Å²) in [7, 11) is 0. The normalized spacial score (nSPS) is 18.6. The van der Waals surface area contributed by atoms with Crippen LogP contribution in [0.5, 0.6) is 0 Å². The van der Waals surface area contributed by atoms with E-state index in [0.29, 0.717) is 0 Å². The number of carbonyl (C=O) groups is 1. The summed E-state index contributed by atoms with van der Waals surface area (Å²) in [5.74, 6) is 1.88. The van der Waals surface area contributed by atoms with Gasteiger partial charge in [0.15, 0.2) is 0 Å². The largest absolute Gasteiger partial charge is 0.355 e. The van der Waals surface area contributed by atoms with Gasteiger partial charge in [0, 0.05) is 6.54 Å². The number of amides is 1. The van der Waals surface area contributed by atoms with Crippen LogP contribution < -0.4 is 11.1 Å². The van der Waals surface area contributed by atoms with Crippen molar-refractivity contribution in [2.24, 2.45) is 11.7 Å². The smallest absolute Gasteiger partial charge is 0.236 e. The fourth-order valence-corrected chi connectivity index (χ4v) is 3.07. The molecule has 1 rings (SSSR count). The van der Waals surface area contributed by atoms with Crippen LogP contribution in [0.15, 0.2) is 0 Å². The topological polar surface area (TPSA) is 55.1 Å². The molecule has 3 N–H and O–H groups in total. The summed E-state index contributed by atoms with van der Waals surface area (Å²) in [6.45, 7) is 0.794. The van der Waals surface area contributed by atoms with Crippen LogP contribution in [0, 0.1) is 5.92 Å². The molecule has 1 atom stereocenters. The molecule has 106 valence electrons. The maximum Gasteiger partial charge on any atom is 0.236 e. The van der Waals surface area contributed by atoms with Gasteiger partial charge in [-0.1, -0.05) is 32.1 Å². The van der Waals surface area contributed by atoms with Crippen LogP contribution in [-0.2, 0) is 4.79 Å². The SMILES string of the molecule is CSCCC(N)C(=O)NCCCC1CCCCC1. The van der Waals surface area contributed by atoms with E-state index in [-0.39, 0.29) is 11.9 Å². The van der Waals surface area contributed by atoms with Crippen molar-refractivity contribution in [1.29, 1.82) is 0 Å². The second-order valence-electron chi connectivity index (χ2n) is 5.33. The van der Waals surface area contributed by atoms with Gasteiger partial charge in [0.25, 0.3) is 0 Å². The minimum atomic E-state index is -0.327. The van der Waals surface area contributed by atoms with Crippen molar-refractivity contribution < 1.29 is 4.79 Å². The van der Waals surface area contributed by atoms with E-state index in [1.807, 2.05) is 6.26 Å². The van der Waals surface area contributed by atoms with E-state index in [1.54, 1.807) is 11.8 Å². The molecule has 0 bridgehead atoms. The highest BCUT2D eigenvalue weighted by molar-refractivity contribution is 7.98. The predicted molar refractivity (Wildman–Crippen MR) is 79.8 cm³/mol.